The van der Waals surface area contributed by atoms with Crippen LogP contribution in [0.3, 0.4) is 0 Å². The number of amides is 1. The molecule has 2 aromatic rings. The fourth-order valence-electron chi connectivity index (χ4n) is 1.84. The predicted molar refractivity (Wildman–Crippen MR) is 87.8 cm³/mol. The molecule has 0 heterocycles. The lowest BCUT2D eigenvalue weighted by molar-refractivity contribution is -0.385. The third-order valence-corrected chi connectivity index (χ3v) is 3.34. The summed E-state index contributed by atoms with van der Waals surface area (Å²) in [6.45, 7) is 0. The molecular weight excluding hydrogens is 338 g/mol. The zero-order chi connectivity index (χ0) is 17.7. The number of nitro benzene ring substituents is 1. The number of non-ortho nitro benzene ring substituents is 1. The van der Waals surface area contributed by atoms with E-state index >= 15 is 0 Å². The first kappa shape index (κ1) is 17.2. The molecule has 0 aliphatic heterocycles. The number of nitrogens with zero attached hydrogens (tertiary/aromatic N) is 2. The van der Waals surface area contributed by atoms with Gasteiger partial charge in [0.05, 0.1) is 34.9 Å². The number of methoxy groups -OCH3 is 1. The number of rotatable bonds is 5. The number of benzene rings is 2. The maximum atomic E-state index is 11.9. The van der Waals surface area contributed by atoms with Gasteiger partial charge in [-0.2, -0.15) is 5.10 Å². The summed E-state index contributed by atoms with van der Waals surface area (Å²) in [6.07, 6.45) is 1.07. The minimum absolute atomic E-state index is 0.0144. The Bertz CT molecular complexity index is 823. The van der Waals surface area contributed by atoms with Gasteiger partial charge in [0.2, 0.25) is 0 Å². The van der Waals surface area contributed by atoms with Crippen molar-refractivity contribution in [1.29, 1.82) is 0 Å². The molecule has 0 aliphatic rings. The largest absolute Gasteiger partial charge is 0.504 e. The summed E-state index contributed by atoms with van der Waals surface area (Å²) in [5.74, 6) is -0.976. The molecule has 2 N–H and O–H groups in total. The van der Waals surface area contributed by atoms with E-state index in [-0.39, 0.29) is 33.3 Å². The lowest BCUT2D eigenvalue weighted by Gasteiger charge is -2.06. The van der Waals surface area contributed by atoms with Crippen LogP contribution in [-0.2, 0) is 0 Å². The van der Waals surface area contributed by atoms with E-state index < -0.39 is 10.8 Å². The van der Waals surface area contributed by atoms with Crippen molar-refractivity contribution in [1.82, 2.24) is 5.43 Å². The zero-order valence-electron chi connectivity index (χ0n) is 12.4. The first-order valence-corrected chi connectivity index (χ1v) is 6.95. The van der Waals surface area contributed by atoms with E-state index in [9.17, 15) is 20.0 Å². The molecule has 0 aromatic heterocycles. The van der Waals surface area contributed by atoms with Crippen LogP contribution in [0, 0.1) is 10.1 Å². The van der Waals surface area contributed by atoms with Gasteiger partial charge in [0, 0.05) is 11.6 Å². The molecule has 8 nitrogen and oxygen atoms in total. The van der Waals surface area contributed by atoms with E-state index in [2.05, 4.69) is 10.5 Å². The van der Waals surface area contributed by atoms with Gasteiger partial charge in [0.15, 0.2) is 11.5 Å². The molecule has 0 saturated carbocycles. The van der Waals surface area contributed by atoms with Gasteiger partial charge in [-0.15, -0.1) is 0 Å². The highest BCUT2D eigenvalue weighted by molar-refractivity contribution is 6.33. The molecule has 0 atom stereocenters. The fraction of sp³-hybridized carbons (Fsp3) is 0.0667. The Hall–Kier alpha value is -3.13. The van der Waals surface area contributed by atoms with Crippen molar-refractivity contribution in [3.8, 4) is 11.5 Å². The van der Waals surface area contributed by atoms with Crippen LogP contribution in [0.15, 0.2) is 41.5 Å². The summed E-state index contributed by atoms with van der Waals surface area (Å²) < 4.78 is 4.87. The van der Waals surface area contributed by atoms with Crippen LogP contribution in [0.5, 0.6) is 11.5 Å². The standard InChI is InChI=1S/C15H12ClN3O5/c1-24-13-7-10(19(22)23)6-9(14(13)20)8-17-18-15(21)11-4-2-3-5-12(11)16/h2-8,20H,1H3,(H,18,21)/b17-8+. The summed E-state index contributed by atoms with van der Waals surface area (Å²) >= 11 is 5.89. The maximum Gasteiger partial charge on any atom is 0.274 e. The highest BCUT2D eigenvalue weighted by Gasteiger charge is 2.16. The molecule has 0 bridgehead atoms. The van der Waals surface area contributed by atoms with Crippen molar-refractivity contribution >= 4 is 29.4 Å². The van der Waals surface area contributed by atoms with Gasteiger partial charge in [-0.3, -0.25) is 14.9 Å². The third-order valence-electron chi connectivity index (χ3n) is 3.01. The lowest BCUT2D eigenvalue weighted by atomic mass is 10.2. The number of nitro groups is 1. The molecule has 0 unspecified atom stereocenters. The van der Waals surface area contributed by atoms with Crippen LogP contribution >= 0.6 is 11.6 Å². The quantitative estimate of drug-likeness (QED) is 0.489. The van der Waals surface area contributed by atoms with Crippen LogP contribution in [0.25, 0.3) is 0 Å². The summed E-state index contributed by atoms with van der Waals surface area (Å²) in [6, 6.07) is 8.56. The Balaban J connectivity index is 2.23. The monoisotopic (exact) mass is 349 g/mol. The van der Waals surface area contributed by atoms with E-state index in [1.165, 1.54) is 13.2 Å². The number of hydrazone groups is 1. The van der Waals surface area contributed by atoms with Crippen molar-refractivity contribution in [3.63, 3.8) is 0 Å². The van der Waals surface area contributed by atoms with Crippen LogP contribution in [-0.4, -0.2) is 29.3 Å². The van der Waals surface area contributed by atoms with Gasteiger partial charge in [-0.25, -0.2) is 5.43 Å². The Morgan fingerprint density at radius 3 is 2.75 bits per heavy atom. The van der Waals surface area contributed by atoms with Gasteiger partial charge in [0.1, 0.15) is 0 Å². The number of phenols is 1. The fourth-order valence-corrected chi connectivity index (χ4v) is 2.06. The van der Waals surface area contributed by atoms with Crippen molar-refractivity contribution < 1.29 is 19.6 Å². The zero-order valence-corrected chi connectivity index (χ0v) is 13.1. The first-order valence-electron chi connectivity index (χ1n) is 6.57. The summed E-state index contributed by atoms with van der Waals surface area (Å²) in [7, 11) is 1.26. The molecule has 0 fully saturated rings. The highest BCUT2D eigenvalue weighted by atomic mass is 35.5. The molecule has 24 heavy (non-hydrogen) atoms. The van der Waals surface area contributed by atoms with Gasteiger partial charge in [-0.1, -0.05) is 23.7 Å². The number of ether oxygens (including phenoxy) is 1. The normalized spacial score (nSPS) is 10.6. The van der Waals surface area contributed by atoms with Crippen molar-refractivity contribution in [2.24, 2.45) is 5.10 Å². The summed E-state index contributed by atoms with van der Waals surface area (Å²) in [5.41, 5.74) is 2.17. The molecule has 9 heteroatoms. The van der Waals surface area contributed by atoms with Gasteiger partial charge in [0.25, 0.3) is 11.6 Å². The number of aromatic hydroxyl groups is 1. The summed E-state index contributed by atoms with van der Waals surface area (Å²) in [4.78, 5) is 22.2. The topological polar surface area (TPSA) is 114 Å². The average Bonchev–Trinajstić information content (AvgIpc) is 2.56. The van der Waals surface area contributed by atoms with Crippen molar-refractivity contribution in [2.45, 2.75) is 0 Å². The summed E-state index contributed by atoms with van der Waals surface area (Å²) in [5, 5.41) is 24.8. The van der Waals surface area contributed by atoms with Gasteiger partial charge in [-0.05, 0) is 12.1 Å². The van der Waals surface area contributed by atoms with Crippen LogP contribution < -0.4 is 10.2 Å². The Morgan fingerprint density at radius 2 is 2.12 bits per heavy atom. The molecule has 0 aliphatic carbocycles. The molecule has 2 rings (SSSR count). The second-order valence-corrected chi connectivity index (χ2v) is 4.93. The smallest absolute Gasteiger partial charge is 0.274 e. The van der Waals surface area contributed by atoms with Gasteiger partial charge >= 0.3 is 0 Å². The number of nitrogens with one attached hydrogen (secondary N) is 1. The number of halogens is 1. The Kier molecular flexibility index (Phi) is 5.33. The average molecular weight is 350 g/mol. The molecule has 124 valence electrons. The maximum absolute atomic E-state index is 11.9. The van der Waals surface area contributed by atoms with Crippen LogP contribution in [0.2, 0.25) is 5.02 Å². The lowest BCUT2D eigenvalue weighted by Crippen LogP contribution is -2.18. The van der Waals surface area contributed by atoms with Crippen molar-refractivity contribution in [3.05, 3.63) is 62.7 Å². The molecule has 0 spiro atoms. The SMILES string of the molecule is COc1cc([N+](=O)[O-])cc(/C=N/NC(=O)c2ccccc2Cl)c1O. The minimum Gasteiger partial charge on any atom is -0.504 e. The molecule has 2 aromatic carbocycles. The van der Waals surface area contributed by atoms with Crippen LogP contribution in [0.4, 0.5) is 5.69 Å². The third kappa shape index (κ3) is 3.79. The Morgan fingerprint density at radius 1 is 1.42 bits per heavy atom. The van der Waals surface area contributed by atoms with Crippen LogP contribution in [0.1, 0.15) is 15.9 Å². The van der Waals surface area contributed by atoms with E-state index in [1.54, 1.807) is 18.2 Å². The highest BCUT2D eigenvalue weighted by Crippen LogP contribution is 2.33. The predicted octanol–water partition coefficient (Wildman–Crippen LogP) is 2.73. The Labute approximate surface area is 141 Å². The second-order valence-electron chi connectivity index (χ2n) is 4.52. The molecular formula is C15H12ClN3O5. The number of hydrogen-bond acceptors (Lipinski definition) is 6. The molecule has 0 radical (unpaired) electrons. The van der Waals surface area contributed by atoms with E-state index in [0.29, 0.717) is 0 Å². The molecule has 0 saturated heterocycles. The minimum atomic E-state index is -0.637. The number of phenolic OH excluding ortho intramolecular Hbond substituents is 1. The second kappa shape index (κ2) is 7.42. The van der Waals surface area contributed by atoms with Crippen molar-refractivity contribution in [2.75, 3.05) is 7.11 Å². The first-order chi connectivity index (χ1) is 11.4. The molecule has 1 amide bonds. The number of hydrogen-bond donors (Lipinski definition) is 2. The number of carbonyl (C=O) groups excluding carboxylic acids is 1. The number of carbonyl (C=O) groups is 1. The van der Waals surface area contributed by atoms with Gasteiger partial charge < -0.3 is 9.84 Å². The van der Waals surface area contributed by atoms with E-state index in [1.807, 2.05) is 0 Å². The van der Waals surface area contributed by atoms with E-state index in [4.69, 9.17) is 16.3 Å². The van der Waals surface area contributed by atoms with E-state index in [0.717, 1.165) is 18.3 Å².